The number of imide groups is 1. The maximum Gasteiger partial charge on any atom is 0.325 e. The van der Waals surface area contributed by atoms with Crippen LogP contribution in [0.3, 0.4) is 0 Å². The summed E-state index contributed by atoms with van der Waals surface area (Å²) in [6.45, 7) is 5.13. The molecule has 1 atom stereocenters. The maximum absolute atomic E-state index is 12.8. The molecule has 25 heavy (non-hydrogen) atoms. The molecule has 0 aliphatic carbocycles. The van der Waals surface area contributed by atoms with Crippen LogP contribution in [0.25, 0.3) is 0 Å². The third-order valence-electron chi connectivity index (χ3n) is 4.62. The maximum atomic E-state index is 12.8. The summed E-state index contributed by atoms with van der Waals surface area (Å²) < 4.78 is 0. The largest absolute Gasteiger partial charge is 0.325 e. The Bertz CT molecular complexity index is 860. The number of aryl methyl sites for hydroxylation is 2. The third kappa shape index (κ3) is 2.93. The number of hydrogen-bond donors (Lipinski definition) is 1. The van der Waals surface area contributed by atoms with Crippen LogP contribution in [0.15, 0.2) is 48.5 Å². The Kier molecular flexibility index (Phi) is 4.17. The molecule has 1 aliphatic heterocycles. The SMILES string of the molecule is Cc1ccc(C)c(C(=O)CN2C(=O)NC(C)(c3ccccc3)C2=O)c1. The molecular weight excluding hydrogens is 316 g/mol. The van der Waals surface area contributed by atoms with Crippen molar-refractivity contribution in [3.8, 4) is 0 Å². The van der Waals surface area contributed by atoms with Gasteiger partial charge >= 0.3 is 6.03 Å². The normalized spacial score (nSPS) is 19.9. The van der Waals surface area contributed by atoms with Gasteiger partial charge in [0.05, 0.1) is 6.54 Å². The molecule has 1 unspecified atom stereocenters. The van der Waals surface area contributed by atoms with Crippen molar-refractivity contribution < 1.29 is 14.4 Å². The molecule has 5 nitrogen and oxygen atoms in total. The van der Waals surface area contributed by atoms with Gasteiger partial charge in [0.15, 0.2) is 5.78 Å². The van der Waals surface area contributed by atoms with E-state index in [0.29, 0.717) is 11.1 Å². The summed E-state index contributed by atoms with van der Waals surface area (Å²) >= 11 is 0. The second-order valence-corrected chi connectivity index (χ2v) is 6.55. The van der Waals surface area contributed by atoms with Crippen LogP contribution >= 0.6 is 0 Å². The van der Waals surface area contributed by atoms with E-state index in [1.54, 1.807) is 25.1 Å². The molecule has 128 valence electrons. The molecule has 0 aromatic heterocycles. The van der Waals surface area contributed by atoms with E-state index >= 15 is 0 Å². The zero-order chi connectivity index (χ0) is 18.2. The van der Waals surface area contributed by atoms with Crippen LogP contribution in [0.2, 0.25) is 0 Å². The van der Waals surface area contributed by atoms with Gasteiger partial charge in [-0.05, 0) is 38.0 Å². The summed E-state index contributed by atoms with van der Waals surface area (Å²) in [6.07, 6.45) is 0. The third-order valence-corrected chi connectivity index (χ3v) is 4.62. The van der Waals surface area contributed by atoms with Gasteiger partial charge in [-0.25, -0.2) is 4.79 Å². The summed E-state index contributed by atoms with van der Waals surface area (Å²) in [4.78, 5) is 38.8. The van der Waals surface area contributed by atoms with E-state index in [-0.39, 0.29) is 12.3 Å². The minimum Gasteiger partial charge on any atom is -0.319 e. The highest BCUT2D eigenvalue weighted by atomic mass is 16.2. The molecule has 3 rings (SSSR count). The highest BCUT2D eigenvalue weighted by Gasteiger charge is 2.49. The number of rotatable bonds is 4. The molecule has 0 radical (unpaired) electrons. The topological polar surface area (TPSA) is 66.5 Å². The number of benzene rings is 2. The Hall–Kier alpha value is -2.95. The lowest BCUT2D eigenvalue weighted by Crippen LogP contribution is -2.41. The number of nitrogens with zero attached hydrogens (tertiary/aromatic N) is 1. The molecule has 1 N–H and O–H groups in total. The Morgan fingerprint density at radius 3 is 2.44 bits per heavy atom. The van der Waals surface area contributed by atoms with E-state index in [0.717, 1.165) is 16.0 Å². The fraction of sp³-hybridized carbons (Fsp3) is 0.250. The predicted molar refractivity (Wildman–Crippen MR) is 94.3 cm³/mol. The van der Waals surface area contributed by atoms with Crippen molar-refractivity contribution in [3.63, 3.8) is 0 Å². The molecule has 2 aromatic carbocycles. The fourth-order valence-corrected chi connectivity index (χ4v) is 3.07. The van der Waals surface area contributed by atoms with Crippen LogP contribution in [0.4, 0.5) is 4.79 Å². The average Bonchev–Trinajstić information content (AvgIpc) is 2.82. The van der Waals surface area contributed by atoms with Gasteiger partial charge in [-0.3, -0.25) is 14.5 Å². The monoisotopic (exact) mass is 336 g/mol. The minimum absolute atomic E-state index is 0.248. The summed E-state index contributed by atoms with van der Waals surface area (Å²) in [5.74, 6) is -0.663. The van der Waals surface area contributed by atoms with Gasteiger partial charge in [0, 0.05) is 5.56 Å². The van der Waals surface area contributed by atoms with Gasteiger partial charge in [0.2, 0.25) is 0 Å². The first-order valence-corrected chi connectivity index (χ1v) is 8.13. The van der Waals surface area contributed by atoms with Crippen molar-refractivity contribution >= 4 is 17.7 Å². The van der Waals surface area contributed by atoms with Crippen molar-refractivity contribution in [2.45, 2.75) is 26.3 Å². The van der Waals surface area contributed by atoms with Gasteiger partial charge in [-0.2, -0.15) is 0 Å². The molecule has 0 bridgehead atoms. The van der Waals surface area contributed by atoms with Gasteiger partial charge < -0.3 is 5.32 Å². The number of Topliss-reactive ketones (excluding diaryl/α,β-unsaturated/α-hetero) is 1. The van der Waals surface area contributed by atoms with Crippen LogP contribution in [0.5, 0.6) is 0 Å². The molecule has 5 heteroatoms. The Labute approximate surface area is 146 Å². The van der Waals surface area contributed by atoms with Crippen molar-refractivity contribution in [2.75, 3.05) is 6.54 Å². The van der Waals surface area contributed by atoms with Gasteiger partial charge in [-0.15, -0.1) is 0 Å². The number of carbonyl (C=O) groups is 3. The summed E-state index contributed by atoms with van der Waals surface area (Å²) in [5, 5.41) is 2.71. The van der Waals surface area contributed by atoms with E-state index < -0.39 is 17.5 Å². The first-order chi connectivity index (χ1) is 11.8. The van der Waals surface area contributed by atoms with E-state index in [9.17, 15) is 14.4 Å². The molecule has 1 fully saturated rings. The standard InChI is InChI=1S/C20H20N2O3/c1-13-9-10-14(2)16(11-13)17(23)12-22-18(24)20(3,21-19(22)25)15-7-5-4-6-8-15/h4-11H,12H2,1-3H3,(H,21,25). The lowest BCUT2D eigenvalue weighted by Gasteiger charge is -2.22. The van der Waals surface area contributed by atoms with Crippen molar-refractivity contribution in [1.29, 1.82) is 0 Å². The number of nitrogens with one attached hydrogen (secondary N) is 1. The highest BCUT2D eigenvalue weighted by Crippen LogP contribution is 2.28. The zero-order valence-corrected chi connectivity index (χ0v) is 14.5. The predicted octanol–water partition coefficient (Wildman–Crippen LogP) is 2.95. The first kappa shape index (κ1) is 16.9. The number of carbonyl (C=O) groups excluding carboxylic acids is 3. The van der Waals surface area contributed by atoms with Gasteiger partial charge in [-0.1, -0.05) is 48.0 Å². The molecule has 1 heterocycles. The number of urea groups is 1. The van der Waals surface area contributed by atoms with Crippen molar-refractivity contribution in [1.82, 2.24) is 10.2 Å². The number of hydrogen-bond acceptors (Lipinski definition) is 3. The summed E-state index contributed by atoms with van der Waals surface area (Å²) in [6, 6.07) is 14.1. The Morgan fingerprint density at radius 2 is 1.76 bits per heavy atom. The van der Waals surface area contributed by atoms with Crippen LogP contribution in [0, 0.1) is 13.8 Å². The molecule has 1 aliphatic rings. The minimum atomic E-state index is -1.15. The van der Waals surface area contributed by atoms with Gasteiger partial charge in [0.25, 0.3) is 5.91 Å². The van der Waals surface area contributed by atoms with E-state index in [2.05, 4.69) is 5.32 Å². The van der Waals surface area contributed by atoms with Crippen molar-refractivity contribution in [2.24, 2.45) is 0 Å². The molecule has 3 amide bonds. The average molecular weight is 336 g/mol. The summed E-state index contributed by atoms with van der Waals surface area (Å²) in [7, 11) is 0. The number of amides is 3. The zero-order valence-electron chi connectivity index (χ0n) is 14.5. The van der Waals surface area contributed by atoms with E-state index in [1.165, 1.54) is 0 Å². The second-order valence-electron chi connectivity index (χ2n) is 6.55. The van der Waals surface area contributed by atoms with Crippen molar-refractivity contribution in [3.05, 3.63) is 70.8 Å². The number of ketones is 1. The van der Waals surface area contributed by atoms with Crippen LogP contribution in [-0.2, 0) is 10.3 Å². The summed E-state index contributed by atoms with van der Waals surface area (Å²) in [5.41, 5.74) is 1.86. The highest BCUT2D eigenvalue weighted by molar-refractivity contribution is 6.11. The van der Waals surface area contributed by atoms with Crippen LogP contribution in [0.1, 0.15) is 34.0 Å². The smallest absolute Gasteiger partial charge is 0.319 e. The van der Waals surface area contributed by atoms with Gasteiger partial charge in [0.1, 0.15) is 5.54 Å². The molecule has 2 aromatic rings. The second kappa shape index (κ2) is 6.16. The Balaban J connectivity index is 1.86. The van der Waals surface area contributed by atoms with Crippen LogP contribution in [-0.4, -0.2) is 29.2 Å². The molecule has 0 spiro atoms. The Morgan fingerprint density at radius 1 is 1.08 bits per heavy atom. The van der Waals surface area contributed by atoms with E-state index in [1.807, 2.05) is 44.2 Å². The molecule has 1 saturated heterocycles. The first-order valence-electron chi connectivity index (χ1n) is 8.13. The lowest BCUT2D eigenvalue weighted by atomic mass is 9.92. The lowest BCUT2D eigenvalue weighted by molar-refractivity contribution is -0.130. The fourth-order valence-electron chi connectivity index (χ4n) is 3.07. The van der Waals surface area contributed by atoms with E-state index in [4.69, 9.17) is 0 Å². The molecular formula is C20H20N2O3. The molecule has 0 saturated carbocycles. The van der Waals surface area contributed by atoms with Crippen LogP contribution < -0.4 is 5.32 Å². The quantitative estimate of drug-likeness (QED) is 0.689.